The number of nitrogens with one attached hydrogen (secondary N) is 1. The van der Waals surface area contributed by atoms with Gasteiger partial charge in [-0.3, -0.25) is 0 Å². The number of hydrogen-bond acceptors (Lipinski definition) is 5. The Balaban J connectivity index is 2.41. The zero-order valence-electron chi connectivity index (χ0n) is 7.37. The first-order valence-electron chi connectivity index (χ1n) is 3.85. The average Bonchev–Trinajstić information content (AvgIpc) is 2.71. The molecular formula is C8H9N3S2. The lowest BCUT2D eigenvalue weighted by Gasteiger charge is -1.91. The minimum absolute atomic E-state index is 0.947. The highest BCUT2D eigenvalue weighted by Gasteiger charge is 2.08. The third kappa shape index (κ3) is 1.57. The van der Waals surface area contributed by atoms with E-state index in [-0.39, 0.29) is 0 Å². The third-order valence-electron chi connectivity index (χ3n) is 1.70. The lowest BCUT2D eigenvalue weighted by Crippen LogP contribution is -1.85. The van der Waals surface area contributed by atoms with Crippen LogP contribution in [0.2, 0.25) is 0 Å². The summed E-state index contributed by atoms with van der Waals surface area (Å²) in [5.41, 5.74) is 3.93. The predicted molar refractivity (Wildman–Crippen MR) is 57.5 cm³/mol. The molecule has 68 valence electrons. The first kappa shape index (κ1) is 8.65. The highest BCUT2D eigenvalue weighted by Crippen LogP contribution is 2.29. The number of rotatable bonds is 2. The normalized spacial score (nSPS) is 10.3. The summed E-state index contributed by atoms with van der Waals surface area (Å²) in [4.78, 5) is 9.77. The van der Waals surface area contributed by atoms with E-state index in [1.807, 2.05) is 24.9 Å². The average molecular weight is 211 g/mol. The maximum absolute atomic E-state index is 4.41. The topological polar surface area (TPSA) is 37.8 Å². The van der Waals surface area contributed by atoms with E-state index < -0.39 is 0 Å². The smallest absolute Gasteiger partial charge is 0.182 e. The summed E-state index contributed by atoms with van der Waals surface area (Å²) in [7, 11) is 1.88. The first-order chi connectivity index (χ1) is 6.31. The molecule has 0 fully saturated rings. The molecule has 2 aromatic rings. The van der Waals surface area contributed by atoms with Crippen LogP contribution in [0.25, 0.3) is 10.6 Å². The molecule has 3 nitrogen and oxygen atoms in total. The molecule has 0 amide bonds. The van der Waals surface area contributed by atoms with Gasteiger partial charge >= 0.3 is 0 Å². The Hall–Kier alpha value is -0.940. The van der Waals surface area contributed by atoms with Gasteiger partial charge in [0.25, 0.3) is 0 Å². The predicted octanol–water partition coefficient (Wildman–Crippen LogP) is 2.62. The second-order valence-electron chi connectivity index (χ2n) is 2.55. The van der Waals surface area contributed by atoms with Gasteiger partial charge in [-0.1, -0.05) is 0 Å². The standard InChI is InChI=1S/C8H9N3S2/c1-5-7(13-4-10-5)6-3-12-8(9-2)11-6/h3-4H,1-2H3,(H,9,11). The van der Waals surface area contributed by atoms with Crippen LogP contribution >= 0.6 is 22.7 Å². The molecule has 0 saturated carbocycles. The van der Waals surface area contributed by atoms with Crippen molar-refractivity contribution in [1.82, 2.24) is 9.97 Å². The van der Waals surface area contributed by atoms with Gasteiger partial charge in [-0.2, -0.15) is 0 Å². The van der Waals surface area contributed by atoms with E-state index in [4.69, 9.17) is 0 Å². The van der Waals surface area contributed by atoms with Gasteiger partial charge in [0.05, 0.1) is 21.8 Å². The summed E-state index contributed by atoms with van der Waals surface area (Å²) >= 11 is 3.24. The molecule has 2 aromatic heterocycles. The van der Waals surface area contributed by atoms with E-state index in [0.29, 0.717) is 0 Å². The van der Waals surface area contributed by atoms with Gasteiger partial charge in [0.1, 0.15) is 0 Å². The van der Waals surface area contributed by atoms with Crippen molar-refractivity contribution in [1.29, 1.82) is 0 Å². The Bertz CT molecular complexity index is 405. The highest BCUT2D eigenvalue weighted by atomic mass is 32.1. The highest BCUT2D eigenvalue weighted by molar-refractivity contribution is 7.15. The molecule has 0 spiro atoms. The van der Waals surface area contributed by atoms with Crippen molar-refractivity contribution in [2.45, 2.75) is 6.92 Å². The van der Waals surface area contributed by atoms with Crippen LogP contribution < -0.4 is 5.32 Å². The van der Waals surface area contributed by atoms with E-state index >= 15 is 0 Å². The third-order valence-corrected chi connectivity index (χ3v) is 3.51. The van der Waals surface area contributed by atoms with E-state index in [2.05, 4.69) is 15.3 Å². The molecule has 2 heterocycles. The van der Waals surface area contributed by atoms with Crippen molar-refractivity contribution in [3.63, 3.8) is 0 Å². The Labute approximate surface area is 84.5 Å². The maximum atomic E-state index is 4.41. The fourth-order valence-corrected chi connectivity index (χ4v) is 2.54. The molecule has 0 bridgehead atoms. The van der Waals surface area contributed by atoms with Crippen molar-refractivity contribution >= 4 is 27.8 Å². The molecule has 0 aromatic carbocycles. The van der Waals surface area contributed by atoms with Crippen molar-refractivity contribution in [3.05, 3.63) is 16.6 Å². The van der Waals surface area contributed by atoms with Crippen molar-refractivity contribution in [2.75, 3.05) is 12.4 Å². The van der Waals surface area contributed by atoms with E-state index in [1.165, 1.54) is 0 Å². The van der Waals surface area contributed by atoms with Crippen LogP contribution in [0.4, 0.5) is 5.13 Å². The van der Waals surface area contributed by atoms with Gasteiger partial charge in [-0.25, -0.2) is 9.97 Å². The Morgan fingerprint density at radius 1 is 1.38 bits per heavy atom. The Morgan fingerprint density at radius 2 is 2.23 bits per heavy atom. The van der Waals surface area contributed by atoms with Gasteiger partial charge < -0.3 is 5.32 Å². The second-order valence-corrected chi connectivity index (χ2v) is 4.27. The molecule has 2 rings (SSSR count). The van der Waals surface area contributed by atoms with Crippen LogP contribution in [0.5, 0.6) is 0 Å². The molecule has 0 aliphatic rings. The van der Waals surface area contributed by atoms with Crippen LogP contribution in [0.15, 0.2) is 10.9 Å². The molecule has 0 unspecified atom stereocenters. The zero-order valence-corrected chi connectivity index (χ0v) is 9.00. The number of anilines is 1. The summed E-state index contributed by atoms with van der Waals surface area (Å²) in [6.07, 6.45) is 0. The molecule has 0 atom stereocenters. The fourth-order valence-electron chi connectivity index (χ4n) is 1.04. The van der Waals surface area contributed by atoms with E-state index in [1.54, 1.807) is 22.7 Å². The van der Waals surface area contributed by atoms with E-state index in [0.717, 1.165) is 21.4 Å². The minimum atomic E-state index is 0.947. The van der Waals surface area contributed by atoms with Crippen LogP contribution in [0, 0.1) is 6.92 Å². The molecular weight excluding hydrogens is 202 g/mol. The van der Waals surface area contributed by atoms with Gasteiger partial charge in [-0.15, -0.1) is 22.7 Å². The Morgan fingerprint density at radius 3 is 2.77 bits per heavy atom. The number of thiazole rings is 2. The SMILES string of the molecule is CNc1nc(-c2scnc2C)cs1. The summed E-state index contributed by atoms with van der Waals surface area (Å²) in [5.74, 6) is 0. The largest absolute Gasteiger partial charge is 0.365 e. The van der Waals surface area contributed by atoms with Crippen LogP contribution in [-0.2, 0) is 0 Å². The fraction of sp³-hybridized carbons (Fsp3) is 0.250. The monoisotopic (exact) mass is 211 g/mol. The molecule has 0 aliphatic heterocycles. The summed E-state index contributed by atoms with van der Waals surface area (Å²) in [6.45, 7) is 2.00. The van der Waals surface area contributed by atoms with E-state index in [9.17, 15) is 0 Å². The summed E-state index contributed by atoms with van der Waals surface area (Å²) < 4.78 is 0. The Kier molecular flexibility index (Phi) is 2.28. The quantitative estimate of drug-likeness (QED) is 0.829. The first-order valence-corrected chi connectivity index (χ1v) is 5.61. The second kappa shape index (κ2) is 3.43. The molecule has 1 N–H and O–H groups in total. The van der Waals surface area contributed by atoms with Gasteiger partial charge in [0, 0.05) is 12.4 Å². The number of aromatic nitrogens is 2. The number of nitrogens with zero attached hydrogens (tertiary/aromatic N) is 2. The lowest BCUT2D eigenvalue weighted by atomic mass is 10.3. The number of hydrogen-bond donors (Lipinski definition) is 1. The van der Waals surface area contributed by atoms with Gasteiger partial charge in [0.2, 0.25) is 0 Å². The van der Waals surface area contributed by atoms with Crippen molar-refractivity contribution < 1.29 is 0 Å². The van der Waals surface area contributed by atoms with Crippen LogP contribution in [0.1, 0.15) is 5.69 Å². The minimum Gasteiger partial charge on any atom is -0.365 e. The van der Waals surface area contributed by atoms with Crippen molar-refractivity contribution in [3.8, 4) is 10.6 Å². The zero-order chi connectivity index (χ0) is 9.26. The summed E-state index contributed by atoms with van der Waals surface area (Å²) in [6, 6.07) is 0. The number of aryl methyl sites for hydroxylation is 1. The molecule has 0 radical (unpaired) electrons. The summed E-state index contributed by atoms with van der Waals surface area (Å²) in [5, 5.41) is 6.02. The molecule has 13 heavy (non-hydrogen) atoms. The molecule has 5 heteroatoms. The van der Waals surface area contributed by atoms with Crippen LogP contribution in [-0.4, -0.2) is 17.0 Å². The molecule has 0 saturated heterocycles. The maximum Gasteiger partial charge on any atom is 0.182 e. The van der Waals surface area contributed by atoms with Crippen molar-refractivity contribution in [2.24, 2.45) is 0 Å². The van der Waals surface area contributed by atoms with Gasteiger partial charge in [-0.05, 0) is 6.92 Å². The van der Waals surface area contributed by atoms with Gasteiger partial charge in [0.15, 0.2) is 5.13 Å². The van der Waals surface area contributed by atoms with Crippen LogP contribution in [0.3, 0.4) is 0 Å². The molecule has 0 aliphatic carbocycles. The lowest BCUT2D eigenvalue weighted by molar-refractivity contribution is 1.26.